The largest absolute Gasteiger partial charge is 0.504 e. The fraction of sp³-hybridized carbons (Fsp3) is 0.118. The second kappa shape index (κ2) is 6.41. The first-order valence-corrected chi connectivity index (χ1v) is 7.15. The van der Waals surface area contributed by atoms with Crippen LogP contribution in [0, 0.1) is 6.92 Å². The normalized spacial score (nSPS) is 10.4. The number of carbonyl (C=O) groups excluding carboxylic acids is 1. The van der Waals surface area contributed by atoms with Crippen molar-refractivity contribution in [3.05, 3.63) is 59.9 Å². The van der Waals surface area contributed by atoms with E-state index in [4.69, 9.17) is 4.74 Å². The van der Waals surface area contributed by atoms with Crippen molar-refractivity contribution in [3.8, 4) is 22.9 Å². The van der Waals surface area contributed by atoms with Crippen LogP contribution in [0.2, 0.25) is 0 Å². The first kappa shape index (κ1) is 15.5. The van der Waals surface area contributed by atoms with E-state index in [2.05, 4.69) is 15.0 Å². The molecule has 1 N–H and O–H groups in total. The zero-order valence-electron chi connectivity index (χ0n) is 13.1. The molecule has 0 radical (unpaired) electrons. The summed E-state index contributed by atoms with van der Waals surface area (Å²) >= 11 is 0. The van der Waals surface area contributed by atoms with Crippen LogP contribution in [0.15, 0.2) is 48.7 Å². The molecular weight excluding hydrogens is 310 g/mol. The number of ether oxygens (including phenoxy) is 2. The lowest BCUT2D eigenvalue weighted by molar-refractivity contribution is 0.0594. The average molecular weight is 325 g/mol. The van der Waals surface area contributed by atoms with Gasteiger partial charge in [0.25, 0.3) is 0 Å². The lowest BCUT2D eigenvalue weighted by Crippen LogP contribution is -2.01. The summed E-state index contributed by atoms with van der Waals surface area (Å²) in [5, 5.41) is 17.5. The van der Waals surface area contributed by atoms with Crippen molar-refractivity contribution < 1.29 is 19.4 Å². The van der Waals surface area contributed by atoms with Gasteiger partial charge in [0.05, 0.1) is 19.0 Å². The molecule has 24 heavy (non-hydrogen) atoms. The number of aromatic hydroxyl groups is 1. The number of hydrogen-bond donors (Lipinski definition) is 1. The zero-order chi connectivity index (χ0) is 17.1. The summed E-state index contributed by atoms with van der Waals surface area (Å²) in [6, 6.07) is 12.2. The molecule has 0 aliphatic carbocycles. The molecule has 0 saturated carbocycles. The third kappa shape index (κ3) is 3.19. The molecule has 2 aromatic carbocycles. The van der Waals surface area contributed by atoms with E-state index >= 15 is 0 Å². The molecule has 0 saturated heterocycles. The first-order valence-electron chi connectivity index (χ1n) is 7.15. The van der Waals surface area contributed by atoms with Gasteiger partial charge in [-0.25, -0.2) is 9.48 Å². The Labute approximate surface area is 138 Å². The maximum Gasteiger partial charge on any atom is 0.360 e. The molecule has 0 aliphatic heterocycles. The van der Waals surface area contributed by atoms with Crippen LogP contribution >= 0.6 is 0 Å². The molecule has 0 spiro atoms. The monoisotopic (exact) mass is 325 g/mol. The second-order valence-electron chi connectivity index (χ2n) is 5.11. The first-order chi connectivity index (χ1) is 11.6. The quantitative estimate of drug-likeness (QED) is 0.742. The Morgan fingerprint density at radius 2 is 1.92 bits per heavy atom. The Morgan fingerprint density at radius 3 is 2.58 bits per heavy atom. The van der Waals surface area contributed by atoms with Gasteiger partial charge < -0.3 is 14.6 Å². The van der Waals surface area contributed by atoms with E-state index in [0.29, 0.717) is 17.2 Å². The SMILES string of the molecule is COC(=O)c1cn(-c2ccc(Oc3ccc(C)cc3O)cc2)nn1. The van der Waals surface area contributed by atoms with Crippen LogP contribution < -0.4 is 4.74 Å². The molecule has 3 aromatic rings. The van der Waals surface area contributed by atoms with Crippen molar-refractivity contribution >= 4 is 5.97 Å². The summed E-state index contributed by atoms with van der Waals surface area (Å²) in [6.45, 7) is 1.89. The second-order valence-corrected chi connectivity index (χ2v) is 5.11. The summed E-state index contributed by atoms with van der Waals surface area (Å²) in [4.78, 5) is 11.4. The van der Waals surface area contributed by atoms with Gasteiger partial charge in [-0.1, -0.05) is 11.3 Å². The van der Waals surface area contributed by atoms with Crippen LogP contribution in [0.25, 0.3) is 5.69 Å². The van der Waals surface area contributed by atoms with Crippen LogP contribution in [0.1, 0.15) is 16.1 Å². The number of nitrogens with zero attached hydrogens (tertiary/aromatic N) is 3. The highest BCUT2D eigenvalue weighted by atomic mass is 16.5. The Hall–Kier alpha value is -3.35. The van der Waals surface area contributed by atoms with Gasteiger partial charge in [-0.2, -0.15) is 0 Å². The third-order valence-electron chi connectivity index (χ3n) is 3.33. The molecule has 7 heteroatoms. The highest BCUT2D eigenvalue weighted by Crippen LogP contribution is 2.31. The number of rotatable bonds is 4. The number of aryl methyl sites for hydroxylation is 1. The Morgan fingerprint density at radius 1 is 1.17 bits per heavy atom. The standard InChI is InChI=1S/C17H15N3O4/c1-11-3-8-16(15(21)9-11)24-13-6-4-12(5-7-13)20-10-14(18-19-20)17(22)23-2/h3-10,21H,1-2H3. The van der Waals surface area contributed by atoms with Crippen LogP contribution in [-0.2, 0) is 4.74 Å². The smallest absolute Gasteiger partial charge is 0.360 e. The number of aromatic nitrogens is 3. The van der Waals surface area contributed by atoms with E-state index in [0.717, 1.165) is 5.56 Å². The number of hydrogen-bond acceptors (Lipinski definition) is 6. The molecule has 0 fully saturated rings. The number of methoxy groups -OCH3 is 1. The van der Waals surface area contributed by atoms with E-state index in [1.165, 1.54) is 18.0 Å². The predicted octanol–water partition coefficient (Wildman–Crippen LogP) is 2.86. The molecule has 0 aliphatic rings. The molecule has 122 valence electrons. The van der Waals surface area contributed by atoms with Crippen LogP contribution in [-0.4, -0.2) is 33.2 Å². The lowest BCUT2D eigenvalue weighted by Gasteiger charge is -2.08. The van der Waals surface area contributed by atoms with Crippen molar-refractivity contribution in [2.75, 3.05) is 7.11 Å². The molecular formula is C17H15N3O4. The Balaban J connectivity index is 1.78. The Kier molecular flexibility index (Phi) is 4.15. The van der Waals surface area contributed by atoms with E-state index in [1.54, 1.807) is 36.4 Å². The number of benzene rings is 2. The summed E-state index contributed by atoms with van der Waals surface area (Å²) in [5.74, 6) is 0.474. The topological polar surface area (TPSA) is 86.5 Å². The molecule has 3 rings (SSSR count). The van der Waals surface area contributed by atoms with Gasteiger partial charge in [-0.05, 0) is 48.9 Å². The van der Waals surface area contributed by atoms with Crippen molar-refractivity contribution in [3.63, 3.8) is 0 Å². The molecule has 1 heterocycles. The molecule has 1 aromatic heterocycles. The Bertz CT molecular complexity index is 872. The molecule has 0 unspecified atom stereocenters. The van der Waals surface area contributed by atoms with E-state index in [-0.39, 0.29) is 11.4 Å². The van der Waals surface area contributed by atoms with Crippen molar-refractivity contribution in [1.29, 1.82) is 0 Å². The minimum Gasteiger partial charge on any atom is -0.504 e. The summed E-state index contributed by atoms with van der Waals surface area (Å²) < 4.78 is 11.7. The number of phenolic OH excluding ortho intramolecular Hbond substituents is 1. The van der Waals surface area contributed by atoms with Gasteiger partial charge in [0.2, 0.25) is 0 Å². The van der Waals surface area contributed by atoms with Crippen molar-refractivity contribution in [2.45, 2.75) is 6.92 Å². The van der Waals surface area contributed by atoms with Crippen LogP contribution in [0.3, 0.4) is 0 Å². The van der Waals surface area contributed by atoms with Crippen molar-refractivity contribution in [2.24, 2.45) is 0 Å². The van der Waals surface area contributed by atoms with Crippen LogP contribution in [0.4, 0.5) is 0 Å². The molecule has 7 nitrogen and oxygen atoms in total. The number of esters is 1. The highest BCUT2D eigenvalue weighted by molar-refractivity contribution is 5.86. The van der Waals surface area contributed by atoms with E-state index < -0.39 is 5.97 Å². The van der Waals surface area contributed by atoms with Gasteiger partial charge in [0, 0.05) is 0 Å². The third-order valence-corrected chi connectivity index (χ3v) is 3.33. The number of carbonyl (C=O) groups is 1. The molecule has 0 bridgehead atoms. The average Bonchev–Trinajstić information content (AvgIpc) is 3.07. The van der Waals surface area contributed by atoms with Gasteiger partial charge in [-0.3, -0.25) is 0 Å². The van der Waals surface area contributed by atoms with Crippen LogP contribution in [0.5, 0.6) is 17.2 Å². The van der Waals surface area contributed by atoms with Gasteiger partial charge in [0.1, 0.15) is 5.75 Å². The van der Waals surface area contributed by atoms with Gasteiger partial charge in [-0.15, -0.1) is 5.10 Å². The predicted molar refractivity (Wildman–Crippen MR) is 85.6 cm³/mol. The maximum absolute atomic E-state index is 11.4. The fourth-order valence-corrected chi connectivity index (χ4v) is 2.10. The fourth-order valence-electron chi connectivity index (χ4n) is 2.10. The zero-order valence-corrected chi connectivity index (χ0v) is 13.1. The molecule has 0 amide bonds. The van der Waals surface area contributed by atoms with E-state index in [1.807, 2.05) is 13.0 Å². The summed E-state index contributed by atoms with van der Waals surface area (Å²) in [5.41, 5.74) is 1.78. The number of phenols is 1. The molecule has 0 atom stereocenters. The summed E-state index contributed by atoms with van der Waals surface area (Å²) in [6.07, 6.45) is 1.48. The van der Waals surface area contributed by atoms with Crippen molar-refractivity contribution in [1.82, 2.24) is 15.0 Å². The highest BCUT2D eigenvalue weighted by Gasteiger charge is 2.11. The van der Waals surface area contributed by atoms with Gasteiger partial charge in [0.15, 0.2) is 17.2 Å². The summed E-state index contributed by atoms with van der Waals surface area (Å²) in [7, 11) is 1.29. The minimum absolute atomic E-state index is 0.0815. The lowest BCUT2D eigenvalue weighted by atomic mass is 10.2. The maximum atomic E-state index is 11.4. The minimum atomic E-state index is -0.545. The van der Waals surface area contributed by atoms with E-state index in [9.17, 15) is 9.90 Å². The van der Waals surface area contributed by atoms with Gasteiger partial charge >= 0.3 is 5.97 Å².